The smallest absolute Gasteiger partial charge is 0.159 e. The van der Waals surface area contributed by atoms with Gasteiger partial charge in [-0.05, 0) is 31.0 Å². The van der Waals surface area contributed by atoms with Crippen LogP contribution in [0.1, 0.15) is 25.7 Å². The third kappa shape index (κ3) is 2.82. The van der Waals surface area contributed by atoms with Crippen molar-refractivity contribution in [2.24, 2.45) is 0 Å². The third-order valence-electron chi connectivity index (χ3n) is 2.63. The number of hydrogen-bond donors (Lipinski definition) is 0. The molecule has 4 heteroatoms. The Morgan fingerprint density at radius 3 is 2.75 bits per heavy atom. The van der Waals surface area contributed by atoms with Crippen LogP contribution in [0.5, 0.6) is 0 Å². The average molecular weight is 242 g/mol. The monoisotopic (exact) mass is 242 g/mol. The lowest BCUT2D eigenvalue weighted by Crippen LogP contribution is -2.16. The molecule has 0 amide bonds. The molecular weight excluding hydrogens is 230 g/mol. The predicted molar refractivity (Wildman–Crippen MR) is 59.5 cm³/mol. The van der Waals surface area contributed by atoms with Gasteiger partial charge in [-0.25, -0.2) is 8.78 Å². The summed E-state index contributed by atoms with van der Waals surface area (Å²) in [5.41, 5.74) is 0. The van der Waals surface area contributed by atoms with Gasteiger partial charge in [0, 0.05) is 23.0 Å². The number of ketones is 1. The van der Waals surface area contributed by atoms with E-state index in [0.717, 1.165) is 18.9 Å². The number of benzene rings is 1. The van der Waals surface area contributed by atoms with E-state index in [1.807, 2.05) is 0 Å². The topological polar surface area (TPSA) is 17.1 Å². The molecule has 1 aromatic rings. The van der Waals surface area contributed by atoms with E-state index in [2.05, 4.69) is 0 Å². The molecule has 0 heterocycles. The quantitative estimate of drug-likeness (QED) is 0.788. The minimum atomic E-state index is -0.830. The number of carbonyl (C=O) groups is 1. The van der Waals surface area contributed by atoms with Crippen LogP contribution >= 0.6 is 11.8 Å². The third-order valence-corrected chi connectivity index (χ3v) is 3.89. The number of Topliss-reactive ketones (excluding diaryl/α,β-unsaturated/α-hetero) is 1. The van der Waals surface area contributed by atoms with Gasteiger partial charge in [0.05, 0.1) is 0 Å². The maximum Gasteiger partial charge on any atom is 0.159 e. The molecule has 0 aromatic heterocycles. The van der Waals surface area contributed by atoms with E-state index in [1.54, 1.807) is 6.07 Å². The van der Waals surface area contributed by atoms with Gasteiger partial charge in [-0.1, -0.05) is 0 Å². The van der Waals surface area contributed by atoms with E-state index < -0.39 is 11.6 Å². The first-order chi connectivity index (χ1) is 7.65. The summed E-state index contributed by atoms with van der Waals surface area (Å²) >= 11 is 1.46. The summed E-state index contributed by atoms with van der Waals surface area (Å²) in [6.07, 6.45) is 3.08. The van der Waals surface area contributed by atoms with Crippen molar-refractivity contribution < 1.29 is 13.6 Å². The zero-order valence-corrected chi connectivity index (χ0v) is 9.53. The van der Waals surface area contributed by atoms with Crippen molar-refractivity contribution >= 4 is 17.5 Å². The van der Waals surface area contributed by atoms with Crippen molar-refractivity contribution in [1.29, 1.82) is 0 Å². The van der Waals surface area contributed by atoms with Crippen LogP contribution in [0.25, 0.3) is 0 Å². The van der Waals surface area contributed by atoms with Gasteiger partial charge in [0.1, 0.15) is 5.78 Å². The van der Waals surface area contributed by atoms with Gasteiger partial charge in [0.2, 0.25) is 0 Å². The maximum absolute atomic E-state index is 13.0. The number of thioether (sulfide) groups is 1. The van der Waals surface area contributed by atoms with Crippen LogP contribution in [-0.4, -0.2) is 11.0 Å². The molecule has 0 spiro atoms. The number of carbonyl (C=O) groups excluding carboxylic acids is 1. The summed E-state index contributed by atoms with van der Waals surface area (Å²) in [5.74, 6) is -1.39. The molecular formula is C12H12F2OS. The molecule has 1 nitrogen and oxygen atoms in total. The second-order valence-corrected chi connectivity index (χ2v) is 5.32. The molecule has 1 saturated carbocycles. The fourth-order valence-corrected chi connectivity index (χ4v) is 3.08. The highest BCUT2D eigenvalue weighted by molar-refractivity contribution is 8.00. The SMILES string of the molecule is O=C1CCCC(Sc2ccc(F)c(F)c2)C1. The minimum Gasteiger partial charge on any atom is -0.300 e. The van der Waals surface area contributed by atoms with E-state index >= 15 is 0 Å². The summed E-state index contributed by atoms with van der Waals surface area (Å²) in [4.78, 5) is 11.9. The average Bonchev–Trinajstić information content (AvgIpc) is 2.24. The molecule has 1 unspecified atom stereocenters. The van der Waals surface area contributed by atoms with Crippen LogP contribution in [0, 0.1) is 11.6 Å². The maximum atomic E-state index is 13.0. The largest absolute Gasteiger partial charge is 0.300 e. The van der Waals surface area contributed by atoms with E-state index in [-0.39, 0.29) is 11.0 Å². The van der Waals surface area contributed by atoms with Gasteiger partial charge < -0.3 is 0 Å². The van der Waals surface area contributed by atoms with Crippen LogP contribution in [0.15, 0.2) is 23.1 Å². The second-order valence-electron chi connectivity index (χ2n) is 3.95. The molecule has 1 aromatic carbocycles. The molecule has 0 bridgehead atoms. The fraction of sp³-hybridized carbons (Fsp3) is 0.417. The zero-order valence-electron chi connectivity index (χ0n) is 8.71. The van der Waals surface area contributed by atoms with E-state index in [0.29, 0.717) is 17.7 Å². The molecule has 1 atom stereocenters. The Morgan fingerprint density at radius 2 is 2.06 bits per heavy atom. The van der Waals surface area contributed by atoms with Crippen LogP contribution in [0.4, 0.5) is 8.78 Å². The van der Waals surface area contributed by atoms with Crippen molar-refractivity contribution in [2.75, 3.05) is 0 Å². The normalized spacial score (nSPS) is 21.1. The highest BCUT2D eigenvalue weighted by atomic mass is 32.2. The molecule has 2 rings (SSSR count). The van der Waals surface area contributed by atoms with E-state index in [4.69, 9.17) is 0 Å². The van der Waals surface area contributed by atoms with Gasteiger partial charge in [-0.3, -0.25) is 4.79 Å². The Bertz CT molecular complexity index is 406. The lowest BCUT2D eigenvalue weighted by molar-refractivity contribution is -0.120. The number of hydrogen-bond acceptors (Lipinski definition) is 2. The molecule has 0 saturated heterocycles. The van der Waals surface area contributed by atoms with Crippen LogP contribution in [0.2, 0.25) is 0 Å². The van der Waals surface area contributed by atoms with E-state index in [1.165, 1.54) is 17.8 Å². The number of halogens is 2. The molecule has 0 aliphatic heterocycles. The van der Waals surface area contributed by atoms with Gasteiger partial charge in [0.25, 0.3) is 0 Å². The van der Waals surface area contributed by atoms with Crippen LogP contribution < -0.4 is 0 Å². The van der Waals surface area contributed by atoms with Crippen LogP contribution in [-0.2, 0) is 4.79 Å². The summed E-state index contributed by atoms with van der Waals surface area (Å²) in [6.45, 7) is 0. The van der Waals surface area contributed by atoms with Crippen LogP contribution in [0.3, 0.4) is 0 Å². The minimum absolute atomic E-state index is 0.214. The first kappa shape index (κ1) is 11.6. The molecule has 0 radical (unpaired) electrons. The standard InChI is InChI=1S/C12H12F2OS/c13-11-5-4-10(7-12(11)14)16-9-3-1-2-8(15)6-9/h4-5,7,9H,1-3,6H2. The van der Waals surface area contributed by atoms with Crippen molar-refractivity contribution in [1.82, 2.24) is 0 Å². The molecule has 1 aliphatic carbocycles. The van der Waals surface area contributed by atoms with Crippen molar-refractivity contribution in [3.05, 3.63) is 29.8 Å². The highest BCUT2D eigenvalue weighted by Crippen LogP contribution is 2.32. The number of rotatable bonds is 2. The summed E-state index contributed by atoms with van der Waals surface area (Å²) in [5, 5.41) is 0.214. The summed E-state index contributed by atoms with van der Waals surface area (Å²) in [6, 6.07) is 3.88. The van der Waals surface area contributed by atoms with Gasteiger partial charge in [-0.15, -0.1) is 11.8 Å². The Labute approximate surface area is 97.2 Å². The summed E-state index contributed by atoms with van der Waals surface area (Å²) < 4.78 is 25.7. The molecule has 16 heavy (non-hydrogen) atoms. The van der Waals surface area contributed by atoms with Gasteiger partial charge >= 0.3 is 0 Å². The lowest BCUT2D eigenvalue weighted by atomic mass is 9.99. The zero-order chi connectivity index (χ0) is 11.5. The second kappa shape index (κ2) is 4.95. The van der Waals surface area contributed by atoms with Crippen molar-refractivity contribution in [3.8, 4) is 0 Å². The van der Waals surface area contributed by atoms with Gasteiger partial charge in [-0.2, -0.15) is 0 Å². The molecule has 1 fully saturated rings. The molecule has 0 N–H and O–H groups in total. The Balaban J connectivity index is 2.03. The summed E-state index contributed by atoms with van der Waals surface area (Å²) in [7, 11) is 0. The predicted octanol–water partition coefficient (Wildman–Crippen LogP) is 3.57. The fourth-order valence-electron chi connectivity index (χ4n) is 1.83. The highest BCUT2D eigenvalue weighted by Gasteiger charge is 2.20. The molecule has 86 valence electrons. The lowest BCUT2D eigenvalue weighted by Gasteiger charge is -2.20. The van der Waals surface area contributed by atoms with Crippen molar-refractivity contribution in [3.63, 3.8) is 0 Å². The Hall–Kier alpha value is -0.900. The molecule has 1 aliphatic rings. The van der Waals surface area contributed by atoms with Gasteiger partial charge in [0.15, 0.2) is 11.6 Å². The first-order valence-electron chi connectivity index (χ1n) is 5.28. The Morgan fingerprint density at radius 1 is 1.25 bits per heavy atom. The van der Waals surface area contributed by atoms with E-state index in [9.17, 15) is 13.6 Å². The Kier molecular flexibility index (Phi) is 3.59. The first-order valence-corrected chi connectivity index (χ1v) is 6.16. The van der Waals surface area contributed by atoms with Crippen molar-refractivity contribution in [2.45, 2.75) is 35.8 Å².